The lowest BCUT2D eigenvalue weighted by atomic mass is 9.98. The molecule has 0 amide bonds. The van der Waals surface area contributed by atoms with Gasteiger partial charge in [0.1, 0.15) is 0 Å². The maximum Gasteiger partial charge on any atom is 0.00826 e. The third-order valence-electron chi connectivity index (χ3n) is 3.67. The van der Waals surface area contributed by atoms with Crippen LogP contribution in [-0.4, -0.2) is 30.1 Å². The van der Waals surface area contributed by atoms with Crippen molar-refractivity contribution < 1.29 is 0 Å². The standard InChI is InChI=1S/C10H20N2/c1-7(2)12-5-8-3-4-10(11)9(8)6-12/h7-10H,3-6,11H2,1-2H3/t8-,9+,10+/m1/s1. The number of fused-ring (bicyclic) bond motifs is 1. The summed E-state index contributed by atoms with van der Waals surface area (Å²) in [6, 6.07) is 1.21. The Hall–Kier alpha value is -0.0800. The van der Waals surface area contributed by atoms with Crippen molar-refractivity contribution in [2.24, 2.45) is 17.6 Å². The van der Waals surface area contributed by atoms with Crippen LogP contribution in [0.3, 0.4) is 0 Å². The van der Waals surface area contributed by atoms with Crippen molar-refractivity contribution in [3.63, 3.8) is 0 Å². The van der Waals surface area contributed by atoms with Crippen LogP contribution in [0.5, 0.6) is 0 Å². The molecule has 2 rings (SSSR count). The Labute approximate surface area is 75.1 Å². The van der Waals surface area contributed by atoms with Gasteiger partial charge >= 0.3 is 0 Å². The number of rotatable bonds is 1. The summed E-state index contributed by atoms with van der Waals surface area (Å²) < 4.78 is 0. The first-order chi connectivity index (χ1) is 5.68. The zero-order valence-corrected chi connectivity index (χ0v) is 8.16. The molecule has 0 aromatic carbocycles. The molecule has 1 saturated carbocycles. The van der Waals surface area contributed by atoms with E-state index in [0.29, 0.717) is 12.1 Å². The first-order valence-electron chi connectivity index (χ1n) is 5.18. The highest BCUT2D eigenvalue weighted by Crippen LogP contribution is 2.37. The van der Waals surface area contributed by atoms with Crippen LogP contribution in [0, 0.1) is 11.8 Å². The zero-order valence-electron chi connectivity index (χ0n) is 8.16. The lowest BCUT2D eigenvalue weighted by Gasteiger charge is -2.22. The van der Waals surface area contributed by atoms with Gasteiger partial charge in [-0.2, -0.15) is 0 Å². The predicted octanol–water partition coefficient (Wildman–Crippen LogP) is 1.06. The minimum Gasteiger partial charge on any atom is -0.327 e. The summed E-state index contributed by atoms with van der Waals surface area (Å²) in [5.74, 6) is 1.73. The zero-order chi connectivity index (χ0) is 8.72. The smallest absolute Gasteiger partial charge is 0.00826 e. The highest BCUT2D eigenvalue weighted by Gasteiger charge is 2.41. The van der Waals surface area contributed by atoms with Gasteiger partial charge in [0.05, 0.1) is 0 Å². The van der Waals surface area contributed by atoms with E-state index in [1.807, 2.05) is 0 Å². The van der Waals surface area contributed by atoms with Crippen LogP contribution in [0.2, 0.25) is 0 Å². The molecule has 2 nitrogen and oxygen atoms in total. The summed E-state index contributed by atoms with van der Waals surface area (Å²) in [6.07, 6.45) is 2.64. The summed E-state index contributed by atoms with van der Waals surface area (Å²) in [4.78, 5) is 2.58. The molecule has 0 aromatic rings. The van der Waals surface area contributed by atoms with Crippen LogP contribution in [0.1, 0.15) is 26.7 Å². The van der Waals surface area contributed by atoms with Crippen molar-refractivity contribution in [3.05, 3.63) is 0 Å². The van der Waals surface area contributed by atoms with Gasteiger partial charge < -0.3 is 10.6 Å². The molecule has 70 valence electrons. The molecule has 12 heavy (non-hydrogen) atoms. The fourth-order valence-corrected chi connectivity index (χ4v) is 2.76. The summed E-state index contributed by atoms with van der Waals surface area (Å²) >= 11 is 0. The topological polar surface area (TPSA) is 29.3 Å². The molecule has 0 unspecified atom stereocenters. The number of hydrogen-bond acceptors (Lipinski definition) is 2. The average molecular weight is 168 g/mol. The van der Waals surface area contributed by atoms with Gasteiger partial charge in [-0.3, -0.25) is 0 Å². The SMILES string of the molecule is CC(C)N1C[C@H]2CC[C@H](N)[C@H]2C1. The van der Waals surface area contributed by atoms with Crippen molar-refractivity contribution in [3.8, 4) is 0 Å². The molecule has 2 fully saturated rings. The number of hydrogen-bond donors (Lipinski definition) is 1. The fraction of sp³-hybridized carbons (Fsp3) is 1.00. The largest absolute Gasteiger partial charge is 0.327 e. The maximum atomic E-state index is 6.06. The van der Waals surface area contributed by atoms with E-state index >= 15 is 0 Å². The van der Waals surface area contributed by atoms with Gasteiger partial charge in [0.2, 0.25) is 0 Å². The predicted molar refractivity (Wildman–Crippen MR) is 50.9 cm³/mol. The van der Waals surface area contributed by atoms with E-state index < -0.39 is 0 Å². The Balaban J connectivity index is 1.98. The molecule has 0 spiro atoms. The summed E-state index contributed by atoms with van der Waals surface area (Å²) in [7, 11) is 0. The van der Waals surface area contributed by atoms with Crippen LogP contribution in [0.4, 0.5) is 0 Å². The normalized spacial score (nSPS) is 42.5. The van der Waals surface area contributed by atoms with Crippen LogP contribution < -0.4 is 5.73 Å². The molecule has 2 heteroatoms. The van der Waals surface area contributed by atoms with Crippen molar-refractivity contribution in [2.75, 3.05) is 13.1 Å². The maximum absolute atomic E-state index is 6.06. The highest BCUT2D eigenvalue weighted by atomic mass is 15.2. The molecule has 2 aliphatic rings. The summed E-state index contributed by atoms with van der Waals surface area (Å²) in [6.45, 7) is 7.12. The van der Waals surface area contributed by atoms with Crippen molar-refractivity contribution in [1.82, 2.24) is 4.90 Å². The molecule has 1 aliphatic carbocycles. The van der Waals surface area contributed by atoms with E-state index in [-0.39, 0.29) is 0 Å². The first-order valence-corrected chi connectivity index (χ1v) is 5.18. The van der Waals surface area contributed by atoms with Gasteiger partial charge in [-0.25, -0.2) is 0 Å². The minimum atomic E-state index is 0.499. The summed E-state index contributed by atoms with van der Waals surface area (Å²) in [5.41, 5.74) is 6.06. The molecule has 3 atom stereocenters. The van der Waals surface area contributed by atoms with Crippen molar-refractivity contribution >= 4 is 0 Å². The van der Waals surface area contributed by atoms with Crippen LogP contribution in [0.25, 0.3) is 0 Å². The van der Waals surface area contributed by atoms with Crippen LogP contribution in [-0.2, 0) is 0 Å². The Morgan fingerprint density at radius 1 is 1.25 bits per heavy atom. The van der Waals surface area contributed by atoms with Crippen LogP contribution >= 0.6 is 0 Å². The number of nitrogens with two attached hydrogens (primary N) is 1. The molecule has 1 aliphatic heterocycles. The van der Waals surface area contributed by atoms with Gasteiger partial charge in [0, 0.05) is 25.2 Å². The number of likely N-dealkylation sites (tertiary alicyclic amines) is 1. The molecule has 0 bridgehead atoms. The molecule has 0 aromatic heterocycles. The summed E-state index contributed by atoms with van der Waals surface area (Å²) in [5, 5.41) is 0. The van der Waals surface area contributed by atoms with Gasteiger partial charge in [-0.05, 0) is 38.5 Å². The third kappa shape index (κ3) is 1.27. The van der Waals surface area contributed by atoms with E-state index in [1.165, 1.54) is 25.9 Å². The van der Waals surface area contributed by atoms with Crippen molar-refractivity contribution in [1.29, 1.82) is 0 Å². The fourth-order valence-electron chi connectivity index (χ4n) is 2.76. The van der Waals surface area contributed by atoms with Gasteiger partial charge in [0.15, 0.2) is 0 Å². The lowest BCUT2D eigenvalue weighted by molar-refractivity contribution is 0.251. The van der Waals surface area contributed by atoms with E-state index in [4.69, 9.17) is 5.73 Å². The molecular weight excluding hydrogens is 148 g/mol. The quantitative estimate of drug-likeness (QED) is 0.634. The Kier molecular flexibility index (Phi) is 2.13. The second-order valence-electron chi connectivity index (χ2n) is 4.71. The Morgan fingerprint density at radius 2 is 2.00 bits per heavy atom. The Morgan fingerprint density at radius 3 is 2.58 bits per heavy atom. The second kappa shape index (κ2) is 3.00. The van der Waals surface area contributed by atoms with E-state index in [9.17, 15) is 0 Å². The van der Waals surface area contributed by atoms with Crippen LogP contribution in [0.15, 0.2) is 0 Å². The van der Waals surface area contributed by atoms with E-state index in [1.54, 1.807) is 0 Å². The number of nitrogens with zero attached hydrogens (tertiary/aromatic N) is 1. The molecule has 1 saturated heterocycles. The van der Waals surface area contributed by atoms with Gasteiger partial charge in [-0.15, -0.1) is 0 Å². The second-order valence-corrected chi connectivity index (χ2v) is 4.71. The van der Waals surface area contributed by atoms with E-state index in [0.717, 1.165) is 11.8 Å². The third-order valence-corrected chi connectivity index (χ3v) is 3.67. The highest BCUT2D eigenvalue weighted by molar-refractivity contribution is 4.96. The monoisotopic (exact) mass is 168 g/mol. The van der Waals surface area contributed by atoms with Crippen molar-refractivity contribution in [2.45, 2.75) is 38.8 Å². The van der Waals surface area contributed by atoms with E-state index in [2.05, 4.69) is 18.7 Å². The minimum absolute atomic E-state index is 0.499. The molecule has 0 radical (unpaired) electrons. The average Bonchev–Trinajstić information content (AvgIpc) is 2.53. The molecular formula is C10H20N2. The Bertz CT molecular complexity index is 167. The first kappa shape index (κ1) is 8.52. The molecule has 1 heterocycles. The lowest BCUT2D eigenvalue weighted by Crippen LogP contribution is -2.33. The van der Waals surface area contributed by atoms with Gasteiger partial charge in [-0.1, -0.05) is 0 Å². The molecule has 2 N–H and O–H groups in total. The van der Waals surface area contributed by atoms with Gasteiger partial charge in [0.25, 0.3) is 0 Å².